The van der Waals surface area contributed by atoms with E-state index in [-0.39, 0.29) is 11.7 Å². The number of carbonyl (C=O) groups is 1. The molecule has 1 aliphatic heterocycles. The van der Waals surface area contributed by atoms with Crippen LogP contribution in [0.2, 0.25) is 0 Å². The molecule has 146 valence electrons. The molecule has 5 nitrogen and oxygen atoms in total. The maximum absolute atomic E-state index is 13.5. The minimum Gasteiger partial charge on any atom is -0.349 e. The van der Waals surface area contributed by atoms with Gasteiger partial charge in [-0.05, 0) is 73.8 Å². The van der Waals surface area contributed by atoms with E-state index in [1.54, 1.807) is 19.2 Å². The molecule has 1 saturated heterocycles. The van der Waals surface area contributed by atoms with Gasteiger partial charge in [-0.25, -0.2) is 9.37 Å². The number of aromatic nitrogens is 2. The Hall–Kier alpha value is -2.73. The van der Waals surface area contributed by atoms with Gasteiger partial charge in [-0.2, -0.15) is 0 Å². The Morgan fingerprint density at radius 1 is 1.11 bits per heavy atom. The summed E-state index contributed by atoms with van der Waals surface area (Å²) in [7, 11) is 0. The van der Waals surface area contributed by atoms with Crippen molar-refractivity contribution in [1.29, 1.82) is 0 Å². The Morgan fingerprint density at radius 3 is 2.68 bits per heavy atom. The van der Waals surface area contributed by atoms with Gasteiger partial charge in [0.15, 0.2) is 0 Å². The van der Waals surface area contributed by atoms with Crippen LogP contribution in [0.1, 0.15) is 35.3 Å². The molecule has 3 aromatic rings. The van der Waals surface area contributed by atoms with Gasteiger partial charge >= 0.3 is 0 Å². The average Bonchev–Trinajstić information content (AvgIpc) is 3.14. The van der Waals surface area contributed by atoms with Crippen molar-refractivity contribution in [1.82, 2.24) is 19.6 Å². The quantitative estimate of drug-likeness (QED) is 0.735. The first-order valence-electron chi connectivity index (χ1n) is 9.86. The van der Waals surface area contributed by atoms with Gasteiger partial charge in [0.25, 0.3) is 5.91 Å². The summed E-state index contributed by atoms with van der Waals surface area (Å²) in [5.74, 6) is -0.365. The highest BCUT2D eigenvalue weighted by molar-refractivity contribution is 5.92. The first-order valence-corrected chi connectivity index (χ1v) is 9.86. The van der Waals surface area contributed by atoms with Crippen LogP contribution in [0.5, 0.6) is 0 Å². The Kier molecular flexibility index (Phi) is 5.39. The number of piperidine rings is 1. The largest absolute Gasteiger partial charge is 0.349 e. The van der Waals surface area contributed by atoms with Crippen LogP contribution in [0.25, 0.3) is 16.8 Å². The standard InChI is InChI=1S/C22H25FN4O/c1-16-13-17(5-7-19(16)23)18-6-8-21-25-20(15-27(21)14-18)22(28)24-9-12-26-10-3-2-4-11-26/h5-8,13-15H,2-4,9-12H2,1H3,(H,24,28). The number of amides is 1. The van der Waals surface area contributed by atoms with Crippen LogP contribution in [0.4, 0.5) is 4.39 Å². The molecule has 1 N–H and O–H groups in total. The number of pyridine rings is 1. The molecule has 0 bridgehead atoms. The van der Waals surface area contributed by atoms with Gasteiger partial charge in [-0.15, -0.1) is 0 Å². The molecule has 0 unspecified atom stereocenters. The van der Waals surface area contributed by atoms with Crippen LogP contribution < -0.4 is 5.32 Å². The number of hydrogen-bond donors (Lipinski definition) is 1. The number of likely N-dealkylation sites (tertiary alicyclic amines) is 1. The number of hydrogen-bond acceptors (Lipinski definition) is 3. The summed E-state index contributed by atoms with van der Waals surface area (Å²) < 4.78 is 15.4. The predicted molar refractivity (Wildman–Crippen MR) is 108 cm³/mol. The lowest BCUT2D eigenvalue weighted by atomic mass is 10.1. The van der Waals surface area contributed by atoms with E-state index in [4.69, 9.17) is 0 Å². The lowest BCUT2D eigenvalue weighted by Crippen LogP contribution is -2.37. The summed E-state index contributed by atoms with van der Waals surface area (Å²) in [5.41, 5.74) is 3.61. The summed E-state index contributed by atoms with van der Waals surface area (Å²) >= 11 is 0. The van der Waals surface area contributed by atoms with Crippen LogP contribution in [0.3, 0.4) is 0 Å². The van der Waals surface area contributed by atoms with Crippen LogP contribution in [-0.4, -0.2) is 46.4 Å². The number of nitrogens with one attached hydrogen (secondary N) is 1. The summed E-state index contributed by atoms with van der Waals surface area (Å²) in [5, 5.41) is 2.97. The molecule has 1 aromatic carbocycles. The van der Waals surface area contributed by atoms with Gasteiger partial charge in [-0.1, -0.05) is 12.5 Å². The molecule has 1 aliphatic rings. The summed E-state index contributed by atoms with van der Waals surface area (Å²) in [6.07, 6.45) is 7.46. The molecular weight excluding hydrogens is 355 g/mol. The number of carbonyl (C=O) groups excluding carboxylic acids is 1. The van der Waals surface area contributed by atoms with E-state index in [9.17, 15) is 9.18 Å². The lowest BCUT2D eigenvalue weighted by molar-refractivity contribution is 0.0942. The second-order valence-corrected chi connectivity index (χ2v) is 7.43. The fraction of sp³-hybridized carbons (Fsp3) is 0.364. The van der Waals surface area contributed by atoms with Gasteiger partial charge < -0.3 is 14.6 Å². The fourth-order valence-electron chi connectivity index (χ4n) is 3.70. The molecule has 4 rings (SSSR count). The number of imidazole rings is 1. The molecule has 1 amide bonds. The van der Waals surface area contributed by atoms with Gasteiger partial charge in [0.1, 0.15) is 17.2 Å². The minimum atomic E-state index is -0.212. The fourth-order valence-corrected chi connectivity index (χ4v) is 3.70. The van der Waals surface area contributed by atoms with Crippen molar-refractivity contribution in [2.75, 3.05) is 26.2 Å². The van der Waals surface area contributed by atoms with Crippen molar-refractivity contribution < 1.29 is 9.18 Å². The van der Waals surface area contributed by atoms with Crippen molar-refractivity contribution in [3.63, 3.8) is 0 Å². The molecular formula is C22H25FN4O. The maximum atomic E-state index is 13.5. The smallest absolute Gasteiger partial charge is 0.271 e. The summed E-state index contributed by atoms with van der Waals surface area (Å²) in [4.78, 5) is 19.3. The van der Waals surface area contributed by atoms with Crippen LogP contribution in [-0.2, 0) is 0 Å². The molecule has 28 heavy (non-hydrogen) atoms. The predicted octanol–water partition coefficient (Wildman–Crippen LogP) is 3.66. The monoisotopic (exact) mass is 380 g/mol. The number of halogens is 1. The minimum absolute atomic E-state index is 0.153. The Labute approximate surface area is 164 Å². The average molecular weight is 380 g/mol. The van der Waals surface area contributed by atoms with Crippen LogP contribution in [0.15, 0.2) is 42.7 Å². The van der Waals surface area contributed by atoms with E-state index in [0.717, 1.165) is 30.8 Å². The zero-order valence-electron chi connectivity index (χ0n) is 16.1. The molecule has 0 saturated carbocycles. The van der Waals surface area contributed by atoms with E-state index in [1.165, 1.54) is 25.3 Å². The normalized spacial score (nSPS) is 15.1. The van der Waals surface area contributed by atoms with Gasteiger partial charge in [0.05, 0.1) is 0 Å². The summed E-state index contributed by atoms with van der Waals surface area (Å²) in [6, 6.07) is 8.87. The van der Waals surface area contributed by atoms with Crippen molar-refractivity contribution in [3.8, 4) is 11.1 Å². The Bertz CT molecular complexity index is 991. The molecule has 2 aromatic heterocycles. The zero-order chi connectivity index (χ0) is 19.5. The first-order chi connectivity index (χ1) is 13.6. The number of benzene rings is 1. The molecule has 3 heterocycles. The van der Waals surface area contributed by atoms with E-state index in [1.807, 2.05) is 28.8 Å². The van der Waals surface area contributed by atoms with Crippen molar-refractivity contribution in [3.05, 3.63) is 59.8 Å². The van der Waals surface area contributed by atoms with Crippen molar-refractivity contribution >= 4 is 11.6 Å². The molecule has 0 aliphatic carbocycles. The zero-order valence-corrected chi connectivity index (χ0v) is 16.1. The van der Waals surface area contributed by atoms with E-state index < -0.39 is 0 Å². The van der Waals surface area contributed by atoms with E-state index >= 15 is 0 Å². The molecule has 1 fully saturated rings. The highest BCUT2D eigenvalue weighted by atomic mass is 19.1. The summed E-state index contributed by atoms with van der Waals surface area (Å²) in [6.45, 7) is 5.51. The Balaban J connectivity index is 1.45. The highest BCUT2D eigenvalue weighted by Crippen LogP contribution is 2.22. The Morgan fingerprint density at radius 2 is 1.89 bits per heavy atom. The lowest BCUT2D eigenvalue weighted by Gasteiger charge is -2.26. The third-order valence-corrected chi connectivity index (χ3v) is 5.34. The van der Waals surface area contributed by atoms with Gasteiger partial charge in [-0.3, -0.25) is 4.79 Å². The molecule has 6 heteroatoms. The van der Waals surface area contributed by atoms with Crippen molar-refractivity contribution in [2.24, 2.45) is 0 Å². The van der Waals surface area contributed by atoms with Crippen molar-refractivity contribution in [2.45, 2.75) is 26.2 Å². The molecule has 0 radical (unpaired) electrons. The number of aryl methyl sites for hydroxylation is 1. The topological polar surface area (TPSA) is 49.6 Å². The molecule has 0 atom stereocenters. The van der Waals surface area contributed by atoms with Crippen LogP contribution >= 0.6 is 0 Å². The maximum Gasteiger partial charge on any atom is 0.271 e. The third-order valence-electron chi connectivity index (χ3n) is 5.34. The number of nitrogens with zero attached hydrogens (tertiary/aromatic N) is 3. The van der Waals surface area contributed by atoms with Gasteiger partial charge in [0, 0.05) is 25.5 Å². The second kappa shape index (κ2) is 8.10. The first kappa shape index (κ1) is 18.6. The second-order valence-electron chi connectivity index (χ2n) is 7.43. The molecule has 0 spiro atoms. The number of fused-ring (bicyclic) bond motifs is 1. The van der Waals surface area contributed by atoms with E-state index in [2.05, 4.69) is 15.2 Å². The number of rotatable bonds is 5. The SMILES string of the molecule is Cc1cc(-c2ccc3nc(C(=O)NCCN4CCCCC4)cn3c2)ccc1F. The van der Waals surface area contributed by atoms with Crippen LogP contribution in [0, 0.1) is 12.7 Å². The van der Waals surface area contributed by atoms with Gasteiger partial charge in [0.2, 0.25) is 0 Å². The third kappa shape index (κ3) is 4.07. The van der Waals surface area contributed by atoms with E-state index in [0.29, 0.717) is 23.4 Å². The highest BCUT2D eigenvalue weighted by Gasteiger charge is 2.13.